The van der Waals surface area contributed by atoms with E-state index >= 15 is 0 Å². The average molecular weight is 466 g/mol. The Balaban J connectivity index is 1.61. The van der Waals surface area contributed by atoms with E-state index in [-0.39, 0.29) is 35.6 Å². The van der Waals surface area contributed by atoms with Crippen molar-refractivity contribution in [3.63, 3.8) is 0 Å². The van der Waals surface area contributed by atoms with E-state index in [0.717, 1.165) is 29.3 Å². The number of rotatable bonds is 7. The lowest BCUT2D eigenvalue weighted by Gasteiger charge is -2.32. The molecule has 180 valence electrons. The largest absolute Gasteiger partial charge is 0.343 e. The third kappa shape index (κ3) is 4.68. The number of aromatic nitrogens is 2. The number of benzene rings is 1. The molecule has 3 unspecified atom stereocenters. The van der Waals surface area contributed by atoms with Crippen molar-refractivity contribution in [2.24, 2.45) is 5.92 Å². The smallest absolute Gasteiger partial charge is 0.245 e. The van der Waals surface area contributed by atoms with Crippen molar-refractivity contribution in [3.8, 4) is 5.82 Å². The second-order valence-corrected chi connectivity index (χ2v) is 9.27. The van der Waals surface area contributed by atoms with Crippen molar-refractivity contribution >= 4 is 22.7 Å². The average Bonchev–Trinajstić information content (AvgIpc) is 3.48. The number of carbonyl (C=O) groups excluding carboxylic acids is 2. The highest BCUT2D eigenvalue weighted by atomic mass is 19.1. The molecule has 2 N–H and O–H groups in total. The summed E-state index contributed by atoms with van der Waals surface area (Å²) in [7, 11) is 1.72. The molecule has 7 nitrogen and oxygen atoms in total. The Hall–Kier alpha value is -3.26. The van der Waals surface area contributed by atoms with E-state index < -0.39 is 6.04 Å². The highest BCUT2D eigenvalue weighted by Crippen LogP contribution is 2.34. The number of likely N-dealkylation sites (tertiary alicyclic amines) is 1. The van der Waals surface area contributed by atoms with Crippen LogP contribution in [0.4, 0.5) is 4.39 Å². The van der Waals surface area contributed by atoms with Gasteiger partial charge in [-0.25, -0.2) is 9.37 Å². The van der Waals surface area contributed by atoms with E-state index in [2.05, 4.69) is 15.6 Å². The fraction of sp³-hybridized carbons (Fsp3) is 0.423. The Morgan fingerprint density at radius 3 is 2.68 bits per heavy atom. The number of hydrogen-bond acceptors (Lipinski definition) is 4. The molecule has 0 saturated carbocycles. The first-order valence-electron chi connectivity index (χ1n) is 11.8. The van der Waals surface area contributed by atoms with Crippen molar-refractivity contribution in [3.05, 3.63) is 60.2 Å². The van der Waals surface area contributed by atoms with Gasteiger partial charge in [0.1, 0.15) is 17.7 Å². The summed E-state index contributed by atoms with van der Waals surface area (Å²) in [6.07, 6.45) is 5.33. The monoisotopic (exact) mass is 465 g/mol. The number of amides is 2. The molecule has 1 aliphatic rings. The molecule has 1 aliphatic heterocycles. The van der Waals surface area contributed by atoms with Crippen LogP contribution < -0.4 is 10.6 Å². The maximum absolute atomic E-state index is 13.9. The lowest BCUT2D eigenvalue weighted by Crippen LogP contribution is -2.54. The molecular weight excluding hydrogens is 433 g/mol. The van der Waals surface area contributed by atoms with Crippen molar-refractivity contribution in [2.45, 2.75) is 51.7 Å². The fourth-order valence-corrected chi connectivity index (χ4v) is 4.55. The minimum Gasteiger partial charge on any atom is -0.343 e. The lowest BCUT2D eigenvalue weighted by molar-refractivity contribution is -0.138. The van der Waals surface area contributed by atoms with Crippen LogP contribution in [-0.2, 0) is 9.59 Å². The molecule has 0 bridgehead atoms. The number of nitrogens with one attached hydrogen (secondary N) is 2. The summed E-state index contributed by atoms with van der Waals surface area (Å²) in [5, 5.41) is 6.78. The standard InChI is InChI=1S/C26H32FN5O2/c1-16(2)24(30-25(33)17(3)28-4)26(34)32-12-5-6-21(32)19-9-11-29-23(14-19)31-13-10-18-7-8-20(27)15-22(18)31/h7-11,13-17,21,24,28H,5-6,12H2,1-4H3,(H,30,33). The summed E-state index contributed by atoms with van der Waals surface area (Å²) in [6.45, 7) is 6.29. The molecule has 4 rings (SSSR count). The van der Waals surface area contributed by atoms with Gasteiger partial charge in [-0.1, -0.05) is 13.8 Å². The first-order valence-corrected chi connectivity index (χ1v) is 11.8. The van der Waals surface area contributed by atoms with E-state index in [9.17, 15) is 14.0 Å². The Morgan fingerprint density at radius 2 is 1.94 bits per heavy atom. The van der Waals surface area contributed by atoms with Gasteiger partial charge in [-0.05, 0) is 74.7 Å². The van der Waals surface area contributed by atoms with Crippen molar-refractivity contribution in [2.75, 3.05) is 13.6 Å². The Bertz CT molecular complexity index is 1190. The van der Waals surface area contributed by atoms with Gasteiger partial charge in [-0.15, -0.1) is 0 Å². The molecule has 3 heterocycles. The normalized spacial score (nSPS) is 17.8. The second-order valence-electron chi connectivity index (χ2n) is 9.27. The minimum atomic E-state index is -0.596. The van der Waals surface area contributed by atoms with Gasteiger partial charge >= 0.3 is 0 Å². The first kappa shape index (κ1) is 23.9. The highest BCUT2D eigenvalue weighted by molar-refractivity contribution is 5.90. The van der Waals surface area contributed by atoms with E-state index in [1.807, 2.05) is 47.7 Å². The van der Waals surface area contributed by atoms with Crippen LogP contribution in [0.25, 0.3) is 16.7 Å². The topological polar surface area (TPSA) is 79.3 Å². The quantitative estimate of drug-likeness (QED) is 0.559. The number of likely N-dealkylation sites (N-methyl/N-ethyl adjacent to an activating group) is 1. The summed E-state index contributed by atoms with van der Waals surface area (Å²) in [5.74, 6) is 0.0691. The minimum absolute atomic E-state index is 0.0455. The van der Waals surface area contributed by atoms with E-state index in [1.165, 1.54) is 12.1 Å². The number of pyridine rings is 1. The first-order chi connectivity index (χ1) is 16.3. The molecule has 0 spiro atoms. The van der Waals surface area contributed by atoms with Crippen molar-refractivity contribution < 1.29 is 14.0 Å². The van der Waals surface area contributed by atoms with Crippen LogP contribution in [0.2, 0.25) is 0 Å². The molecule has 2 amide bonds. The third-order valence-electron chi connectivity index (χ3n) is 6.65. The number of carbonyl (C=O) groups is 2. The van der Waals surface area contributed by atoms with Gasteiger partial charge in [-0.3, -0.25) is 9.59 Å². The summed E-state index contributed by atoms with van der Waals surface area (Å²) in [4.78, 5) is 32.4. The summed E-state index contributed by atoms with van der Waals surface area (Å²) < 4.78 is 15.7. The van der Waals surface area contributed by atoms with E-state index in [4.69, 9.17) is 0 Å². The van der Waals surface area contributed by atoms with Crippen LogP contribution >= 0.6 is 0 Å². The molecule has 1 fully saturated rings. The maximum Gasteiger partial charge on any atom is 0.245 e. The lowest BCUT2D eigenvalue weighted by atomic mass is 10.00. The van der Waals surface area contributed by atoms with Gasteiger partial charge in [0.2, 0.25) is 11.8 Å². The summed E-state index contributed by atoms with van der Waals surface area (Å²) >= 11 is 0. The van der Waals surface area contributed by atoms with E-state index in [1.54, 1.807) is 26.2 Å². The molecular formula is C26H32FN5O2. The van der Waals surface area contributed by atoms with Crippen LogP contribution in [0.5, 0.6) is 0 Å². The van der Waals surface area contributed by atoms with Crippen LogP contribution in [0, 0.1) is 11.7 Å². The van der Waals surface area contributed by atoms with E-state index in [0.29, 0.717) is 12.4 Å². The van der Waals surface area contributed by atoms with Crippen LogP contribution in [-0.4, -0.2) is 51.9 Å². The predicted octanol–water partition coefficient (Wildman–Crippen LogP) is 3.58. The predicted molar refractivity (Wildman–Crippen MR) is 130 cm³/mol. The zero-order valence-corrected chi connectivity index (χ0v) is 20.1. The van der Waals surface area contributed by atoms with Gasteiger partial charge < -0.3 is 20.1 Å². The number of nitrogens with zero attached hydrogens (tertiary/aromatic N) is 3. The van der Waals surface area contributed by atoms with Gasteiger partial charge in [-0.2, -0.15) is 0 Å². The SMILES string of the molecule is CNC(C)C(=O)NC(C(=O)N1CCCC1c1ccnc(-n2ccc3ccc(F)cc32)c1)C(C)C. The van der Waals surface area contributed by atoms with Gasteiger partial charge in [0.25, 0.3) is 0 Å². The van der Waals surface area contributed by atoms with Crippen molar-refractivity contribution in [1.82, 2.24) is 25.1 Å². The summed E-state index contributed by atoms with van der Waals surface area (Å²) in [5.41, 5.74) is 1.72. The Labute approximate surface area is 199 Å². The zero-order chi connectivity index (χ0) is 24.4. The van der Waals surface area contributed by atoms with Gasteiger partial charge in [0.05, 0.1) is 17.6 Å². The fourth-order valence-electron chi connectivity index (χ4n) is 4.55. The highest BCUT2D eigenvalue weighted by Gasteiger charge is 2.36. The molecule has 8 heteroatoms. The Morgan fingerprint density at radius 1 is 1.15 bits per heavy atom. The molecule has 1 aromatic carbocycles. The molecule has 3 atom stereocenters. The van der Waals surface area contributed by atoms with Crippen LogP contribution in [0.15, 0.2) is 48.8 Å². The number of halogens is 1. The second kappa shape index (κ2) is 9.93. The van der Waals surface area contributed by atoms with Crippen molar-refractivity contribution in [1.29, 1.82) is 0 Å². The molecule has 3 aromatic rings. The molecule has 0 radical (unpaired) electrons. The summed E-state index contributed by atoms with van der Waals surface area (Å²) in [6, 6.07) is 9.43. The molecule has 0 aliphatic carbocycles. The number of fused-ring (bicyclic) bond motifs is 1. The van der Waals surface area contributed by atoms with Crippen LogP contribution in [0.1, 0.15) is 45.2 Å². The molecule has 1 saturated heterocycles. The maximum atomic E-state index is 13.9. The number of hydrogen-bond donors (Lipinski definition) is 2. The van der Waals surface area contributed by atoms with Gasteiger partial charge in [0.15, 0.2) is 0 Å². The van der Waals surface area contributed by atoms with Gasteiger partial charge in [0, 0.05) is 24.3 Å². The third-order valence-corrected chi connectivity index (χ3v) is 6.65. The molecule has 2 aromatic heterocycles. The molecule has 34 heavy (non-hydrogen) atoms. The Kier molecular flexibility index (Phi) is 6.97. The zero-order valence-electron chi connectivity index (χ0n) is 20.1. The van der Waals surface area contributed by atoms with Crippen LogP contribution in [0.3, 0.4) is 0 Å².